The van der Waals surface area contributed by atoms with Gasteiger partial charge in [0.2, 0.25) is 5.91 Å². The lowest BCUT2D eigenvalue weighted by Crippen LogP contribution is -2.54. The number of rotatable bonds is 5. The second-order valence-corrected chi connectivity index (χ2v) is 7.79. The molecule has 1 atom stereocenters. The number of carbonyl (C=O) groups excluding carboxylic acids is 1. The van der Waals surface area contributed by atoms with Crippen LogP contribution in [0.15, 0.2) is 12.1 Å². The van der Waals surface area contributed by atoms with Crippen LogP contribution >= 0.6 is 0 Å². The number of hydrogen-bond donors (Lipinski definition) is 0. The number of methoxy groups -OCH3 is 1. The number of likely N-dealkylation sites (tertiary alicyclic amines) is 1. The van der Waals surface area contributed by atoms with E-state index in [9.17, 15) is 4.79 Å². The highest BCUT2D eigenvalue weighted by Gasteiger charge is 2.41. The molecule has 0 aliphatic carbocycles. The van der Waals surface area contributed by atoms with Gasteiger partial charge in [-0.1, -0.05) is 0 Å². The number of hydrogen-bond acceptors (Lipinski definition) is 4. The molecule has 5 heteroatoms. The molecule has 2 saturated heterocycles. The monoisotopic (exact) mass is 345 g/mol. The first-order valence-electron chi connectivity index (χ1n) is 9.48. The summed E-state index contributed by atoms with van der Waals surface area (Å²) in [4.78, 5) is 21.4. The van der Waals surface area contributed by atoms with Crippen molar-refractivity contribution in [3.05, 3.63) is 23.5 Å². The minimum atomic E-state index is 0.240. The number of ether oxygens (including phenoxy) is 1. The van der Waals surface area contributed by atoms with E-state index >= 15 is 0 Å². The van der Waals surface area contributed by atoms with Crippen molar-refractivity contribution in [3.8, 4) is 0 Å². The van der Waals surface area contributed by atoms with Crippen molar-refractivity contribution in [2.75, 3.05) is 44.8 Å². The molecule has 2 aliphatic rings. The highest BCUT2D eigenvalue weighted by Crippen LogP contribution is 2.40. The van der Waals surface area contributed by atoms with Crippen LogP contribution in [0.5, 0.6) is 0 Å². The van der Waals surface area contributed by atoms with E-state index in [2.05, 4.69) is 40.8 Å². The summed E-state index contributed by atoms with van der Waals surface area (Å²) in [5.74, 6) is 0.314. The van der Waals surface area contributed by atoms with Gasteiger partial charge in [0.25, 0.3) is 0 Å². The number of anilines is 1. The van der Waals surface area contributed by atoms with Gasteiger partial charge in [0.15, 0.2) is 0 Å². The third-order valence-electron chi connectivity index (χ3n) is 5.62. The standard InChI is InChI=1S/C20H31N3O2/c1-16-12-18(13-17(2)21-16)22-9-4-7-20(14-22)8-6-19(24)23(15-20)10-5-11-25-3/h12-13H,4-11,14-15H2,1-3H3. The molecule has 2 aliphatic heterocycles. The molecule has 0 aromatic carbocycles. The number of piperidine rings is 2. The molecule has 0 saturated carbocycles. The minimum Gasteiger partial charge on any atom is -0.385 e. The highest BCUT2D eigenvalue weighted by atomic mass is 16.5. The van der Waals surface area contributed by atoms with Crippen molar-refractivity contribution in [2.24, 2.45) is 5.41 Å². The molecule has 2 fully saturated rings. The summed E-state index contributed by atoms with van der Waals surface area (Å²) >= 11 is 0. The Morgan fingerprint density at radius 2 is 1.96 bits per heavy atom. The number of carbonyl (C=O) groups is 1. The third-order valence-corrected chi connectivity index (χ3v) is 5.62. The molecule has 3 heterocycles. The number of aromatic nitrogens is 1. The summed E-state index contributed by atoms with van der Waals surface area (Å²) in [5, 5.41) is 0. The van der Waals surface area contributed by atoms with Gasteiger partial charge in [-0.15, -0.1) is 0 Å². The van der Waals surface area contributed by atoms with Crippen LogP contribution < -0.4 is 4.90 Å². The largest absolute Gasteiger partial charge is 0.385 e. The molecule has 0 bridgehead atoms. The van der Waals surface area contributed by atoms with E-state index in [0.717, 1.165) is 57.0 Å². The number of pyridine rings is 1. The van der Waals surface area contributed by atoms with Gasteiger partial charge in [0.1, 0.15) is 0 Å². The molecule has 0 radical (unpaired) electrons. The lowest BCUT2D eigenvalue weighted by Gasteiger charge is -2.49. The Morgan fingerprint density at radius 1 is 1.20 bits per heavy atom. The van der Waals surface area contributed by atoms with E-state index in [0.29, 0.717) is 12.3 Å². The van der Waals surface area contributed by atoms with Crippen LogP contribution in [-0.4, -0.2) is 55.7 Å². The van der Waals surface area contributed by atoms with E-state index in [4.69, 9.17) is 4.74 Å². The first-order valence-corrected chi connectivity index (χ1v) is 9.48. The van der Waals surface area contributed by atoms with Crippen LogP contribution in [0.25, 0.3) is 0 Å². The Labute approximate surface area is 151 Å². The molecule has 0 N–H and O–H groups in total. The summed E-state index contributed by atoms with van der Waals surface area (Å²) in [6.45, 7) is 8.71. The fourth-order valence-electron chi connectivity index (χ4n) is 4.46. The first-order chi connectivity index (χ1) is 12.0. The lowest BCUT2D eigenvalue weighted by molar-refractivity contribution is -0.138. The van der Waals surface area contributed by atoms with E-state index in [1.807, 2.05) is 0 Å². The molecule has 1 aromatic heterocycles. The summed E-state index contributed by atoms with van der Waals surface area (Å²) in [6.07, 6.45) is 5.05. The van der Waals surface area contributed by atoms with Gasteiger partial charge >= 0.3 is 0 Å². The smallest absolute Gasteiger partial charge is 0.222 e. The predicted molar refractivity (Wildman–Crippen MR) is 99.9 cm³/mol. The SMILES string of the molecule is COCCCN1CC2(CCCN(c3cc(C)nc(C)c3)C2)CCC1=O. The second kappa shape index (κ2) is 7.73. The molecule has 1 amide bonds. The minimum absolute atomic E-state index is 0.240. The zero-order chi connectivity index (χ0) is 17.9. The Bertz CT molecular complexity index is 599. The Hall–Kier alpha value is -1.62. The maximum Gasteiger partial charge on any atom is 0.222 e. The molecule has 25 heavy (non-hydrogen) atoms. The predicted octanol–water partition coefficient (Wildman–Crippen LogP) is 2.94. The van der Waals surface area contributed by atoms with Gasteiger partial charge < -0.3 is 14.5 Å². The van der Waals surface area contributed by atoms with E-state index < -0.39 is 0 Å². The Kier molecular flexibility index (Phi) is 5.62. The van der Waals surface area contributed by atoms with Gasteiger partial charge in [0, 0.05) is 68.8 Å². The van der Waals surface area contributed by atoms with E-state index in [-0.39, 0.29) is 5.41 Å². The van der Waals surface area contributed by atoms with Gasteiger partial charge in [-0.25, -0.2) is 0 Å². The zero-order valence-electron chi connectivity index (χ0n) is 15.9. The normalized spacial score (nSPS) is 24.2. The average molecular weight is 345 g/mol. The third kappa shape index (κ3) is 4.32. The second-order valence-electron chi connectivity index (χ2n) is 7.79. The van der Waals surface area contributed by atoms with Crippen molar-refractivity contribution < 1.29 is 9.53 Å². The Morgan fingerprint density at radius 3 is 2.68 bits per heavy atom. The van der Waals surface area contributed by atoms with Crippen LogP contribution in [0, 0.1) is 19.3 Å². The highest BCUT2D eigenvalue weighted by molar-refractivity contribution is 5.77. The molecular weight excluding hydrogens is 314 g/mol. The first kappa shape index (κ1) is 18.2. The number of aryl methyl sites for hydroxylation is 2. The van der Waals surface area contributed by atoms with Crippen molar-refractivity contribution in [3.63, 3.8) is 0 Å². The number of nitrogens with zero attached hydrogens (tertiary/aromatic N) is 3. The van der Waals surface area contributed by atoms with Gasteiger partial charge in [0.05, 0.1) is 0 Å². The maximum atomic E-state index is 12.3. The van der Waals surface area contributed by atoms with Crippen molar-refractivity contribution in [2.45, 2.75) is 46.0 Å². The van der Waals surface area contributed by atoms with E-state index in [1.165, 1.54) is 18.5 Å². The molecule has 1 unspecified atom stereocenters. The van der Waals surface area contributed by atoms with Crippen LogP contribution in [0.3, 0.4) is 0 Å². The van der Waals surface area contributed by atoms with Crippen LogP contribution in [0.4, 0.5) is 5.69 Å². The molecule has 5 nitrogen and oxygen atoms in total. The van der Waals surface area contributed by atoms with E-state index in [1.54, 1.807) is 7.11 Å². The van der Waals surface area contributed by atoms with Crippen molar-refractivity contribution in [1.82, 2.24) is 9.88 Å². The van der Waals surface area contributed by atoms with Crippen LogP contribution in [0.1, 0.15) is 43.5 Å². The van der Waals surface area contributed by atoms with Crippen LogP contribution in [0.2, 0.25) is 0 Å². The molecule has 138 valence electrons. The van der Waals surface area contributed by atoms with Gasteiger partial charge in [-0.3, -0.25) is 9.78 Å². The summed E-state index contributed by atoms with van der Waals surface area (Å²) in [5.41, 5.74) is 3.68. The van der Waals surface area contributed by atoms with Crippen LogP contribution in [-0.2, 0) is 9.53 Å². The van der Waals surface area contributed by atoms with Gasteiger partial charge in [-0.05, 0) is 51.7 Å². The summed E-state index contributed by atoms with van der Waals surface area (Å²) in [7, 11) is 1.72. The van der Waals surface area contributed by atoms with Gasteiger partial charge in [-0.2, -0.15) is 0 Å². The van der Waals surface area contributed by atoms with Crippen molar-refractivity contribution in [1.29, 1.82) is 0 Å². The average Bonchev–Trinajstić information content (AvgIpc) is 2.58. The lowest BCUT2D eigenvalue weighted by atomic mass is 9.73. The fraction of sp³-hybridized carbons (Fsp3) is 0.700. The topological polar surface area (TPSA) is 45.7 Å². The Balaban J connectivity index is 1.71. The quantitative estimate of drug-likeness (QED) is 0.770. The fourth-order valence-corrected chi connectivity index (χ4v) is 4.46. The molecule has 3 rings (SSSR count). The zero-order valence-corrected chi connectivity index (χ0v) is 15.9. The molecular formula is C20H31N3O2. The maximum absolute atomic E-state index is 12.3. The number of amides is 1. The summed E-state index contributed by atoms with van der Waals surface area (Å²) in [6, 6.07) is 4.38. The molecule has 1 spiro atoms. The molecule has 1 aromatic rings. The van der Waals surface area contributed by atoms with Crippen molar-refractivity contribution >= 4 is 11.6 Å². The summed E-state index contributed by atoms with van der Waals surface area (Å²) < 4.78 is 5.15.